The van der Waals surface area contributed by atoms with Crippen molar-refractivity contribution in [1.29, 1.82) is 0 Å². The van der Waals surface area contributed by atoms with Gasteiger partial charge < -0.3 is 10.2 Å². The fraction of sp³-hybridized carbons (Fsp3) is 0.769. The summed E-state index contributed by atoms with van der Waals surface area (Å²) in [5.41, 5.74) is 0. The van der Waals surface area contributed by atoms with E-state index >= 15 is 0 Å². The molecule has 0 spiro atoms. The summed E-state index contributed by atoms with van der Waals surface area (Å²) in [6, 6.07) is 3.23. The van der Waals surface area contributed by atoms with Crippen LogP contribution in [0, 0.1) is 12.0 Å². The molecule has 3 heteroatoms. The zero-order chi connectivity index (χ0) is 11.8. The Morgan fingerprint density at radius 2 is 1.88 bits per heavy atom. The third-order valence-electron chi connectivity index (χ3n) is 3.03. The van der Waals surface area contributed by atoms with Crippen molar-refractivity contribution < 1.29 is 4.79 Å². The van der Waals surface area contributed by atoms with Gasteiger partial charge in [-0.25, -0.2) is 0 Å². The molecule has 3 nitrogen and oxygen atoms in total. The molecule has 0 radical (unpaired) electrons. The van der Waals surface area contributed by atoms with Gasteiger partial charge in [0.1, 0.15) is 0 Å². The van der Waals surface area contributed by atoms with Crippen LogP contribution in [-0.4, -0.2) is 29.9 Å². The van der Waals surface area contributed by atoms with Crippen molar-refractivity contribution in [2.75, 3.05) is 13.1 Å². The van der Waals surface area contributed by atoms with Gasteiger partial charge in [-0.2, -0.15) is 0 Å². The summed E-state index contributed by atoms with van der Waals surface area (Å²) in [6.45, 7) is 5.80. The Morgan fingerprint density at radius 3 is 2.44 bits per heavy atom. The zero-order valence-electron chi connectivity index (χ0n) is 10.4. The van der Waals surface area contributed by atoms with Crippen LogP contribution in [0.2, 0.25) is 0 Å². The molecule has 0 unspecified atom stereocenters. The van der Waals surface area contributed by atoms with Crippen LogP contribution in [0.25, 0.3) is 0 Å². The summed E-state index contributed by atoms with van der Waals surface area (Å²) in [4.78, 5) is 13.5. The largest absolute Gasteiger partial charge is 0.342 e. The van der Waals surface area contributed by atoms with Gasteiger partial charge in [0.15, 0.2) is 0 Å². The van der Waals surface area contributed by atoms with Crippen molar-refractivity contribution in [1.82, 2.24) is 10.2 Å². The molecule has 1 N–H and O–H groups in total. The fourth-order valence-electron chi connectivity index (χ4n) is 1.98. The predicted molar refractivity (Wildman–Crippen MR) is 65.7 cm³/mol. The summed E-state index contributed by atoms with van der Waals surface area (Å²) in [6.07, 6.45) is 5.98. The third-order valence-corrected chi connectivity index (χ3v) is 3.03. The second-order valence-electron chi connectivity index (χ2n) is 4.22. The molecule has 16 heavy (non-hydrogen) atoms. The molecule has 0 aromatic heterocycles. The average molecular weight is 222 g/mol. The second-order valence-corrected chi connectivity index (χ2v) is 4.22. The van der Waals surface area contributed by atoms with E-state index in [0.29, 0.717) is 6.04 Å². The monoisotopic (exact) mass is 222 g/mol. The standard InChI is InChI=1S/C13H22N2O/c1-3-15(4-2)11-10-13(16)14-12-8-6-5-7-9-12/h12H,3-9H2,1-2H3,(H,14,16). The quantitative estimate of drug-likeness (QED) is 0.582. The number of carbonyl (C=O) groups is 1. The van der Waals surface area contributed by atoms with Crippen molar-refractivity contribution in [3.05, 3.63) is 0 Å². The normalized spacial score (nSPS) is 16.1. The molecule has 1 aliphatic rings. The minimum absolute atomic E-state index is 0.126. The Kier molecular flexibility index (Phi) is 5.77. The number of amides is 1. The highest BCUT2D eigenvalue weighted by atomic mass is 16.1. The molecule has 1 amide bonds. The molecule has 1 rings (SSSR count). The molecule has 1 fully saturated rings. The molecule has 1 aliphatic carbocycles. The highest BCUT2D eigenvalue weighted by molar-refractivity contribution is 5.93. The average Bonchev–Trinajstić information content (AvgIpc) is 2.31. The highest BCUT2D eigenvalue weighted by Crippen LogP contribution is 2.16. The van der Waals surface area contributed by atoms with Crippen LogP contribution in [0.4, 0.5) is 0 Å². The number of carbonyl (C=O) groups excluding carboxylic acids is 1. The predicted octanol–water partition coefficient (Wildman–Crippen LogP) is 1.74. The maximum absolute atomic E-state index is 11.5. The van der Waals surface area contributed by atoms with E-state index in [9.17, 15) is 4.79 Å². The first-order chi connectivity index (χ1) is 7.76. The fourth-order valence-corrected chi connectivity index (χ4v) is 1.98. The molecule has 1 saturated carbocycles. The molecule has 0 heterocycles. The van der Waals surface area contributed by atoms with Gasteiger partial charge in [-0.3, -0.25) is 4.79 Å². The van der Waals surface area contributed by atoms with E-state index in [1.807, 2.05) is 18.7 Å². The van der Waals surface area contributed by atoms with Crippen molar-refractivity contribution in [3.8, 4) is 12.0 Å². The van der Waals surface area contributed by atoms with Gasteiger partial charge >= 0.3 is 0 Å². The van der Waals surface area contributed by atoms with Crippen molar-refractivity contribution >= 4 is 5.91 Å². The maximum atomic E-state index is 11.5. The molecule has 0 aliphatic heterocycles. The molecular formula is C13H22N2O. The van der Waals surface area contributed by atoms with E-state index in [1.165, 1.54) is 19.3 Å². The third kappa shape index (κ3) is 4.57. The SMILES string of the molecule is CCN(C#CC(=O)NC1CCCCC1)CC. The Labute approximate surface area is 98.6 Å². The Bertz CT molecular complexity index is 267. The lowest BCUT2D eigenvalue weighted by Gasteiger charge is -2.21. The summed E-state index contributed by atoms with van der Waals surface area (Å²) in [7, 11) is 0. The summed E-state index contributed by atoms with van der Waals surface area (Å²) in [5, 5.41) is 2.98. The molecular weight excluding hydrogens is 200 g/mol. The molecule has 0 bridgehead atoms. The van der Waals surface area contributed by atoms with Gasteiger partial charge in [0.05, 0.1) is 0 Å². The van der Waals surface area contributed by atoms with E-state index in [4.69, 9.17) is 0 Å². The van der Waals surface area contributed by atoms with Gasteiger partial charge in [0.2, 0.25) is 0 Å². The Hall–Kier alpha value is -1.17. The maximum Gasteiger partial charge on any atom is 0.297 e. The van der Waals surface area contributed by atoms with Crippen molar-refractivity contribution in [2.24, 2.45) is 0 Å². The topological polar surface area (TPSA) is 32.3 Å². The number of rotatable bonds is 3. The summed E-state index contributed by atoms with van der Waals surface area (Å²) in [5.74, 6) is 2.53. The van der Waals surface area contributed by atoms with Crippen LogP contribution in [0.3, 0.4) is 0 Å². The number of nitrogens with one attached hydrogen (secondary N) is 1. The van der Waals surface area contributed by atoms with E-state index in [2.05, 4.69) is 17.3 Å². The number of nitrogens with zero attached hydrogens (tertiary/aromatic N) is 1. The molecule has 0 aromatic carbocycles. The smallest absolute Gasteiger partial charge is 0.297 e. The zero-order valence-corrected chi connectivity index (χ0v) is 10.4. The first kappa shape index (κ1) is 12.9. The minimum atomic E-state index is -0.126. The first-order valence-corrected chi connectivity index (χ1v) is 6.33. The van der Waals surface area contributed by atoms with Gasteiger partial charge in [-0.15, -0.1) is 0 Å². The first-order valence-electron chi connectivity index (χ1n) is 6.33. The van der Waals surface area contributed by atoms with Crippen molar-refractivity contribution in [2.45, 2.75) is 52.0 Å². The van der Waals surface area contributed by atoms with Crippen LogP contribution >= 0.6 is 0 Å². The lowest BCUT2D eigenvalue weighted by atomic mass is 9.95. The van der Waals surface area contributed by atoms with Gasteiger partial charge in [0.25, 0.3) is 5.91 Å². The molecule has 0 aromatic rings. The van der Waals surface area contributed by atoms with Gasteiger partial charge in [0, 0.05) is 31.1 Å². The van der Waals surface area contributed by atoms with E-state index in [1.54, 1.807) is 0 Å². The van der Waals surface area contributed by atoms with Crippen LogP contribution in [0.1, 0.15) is 46.0 Å². The van der Waals surface area contributed by atoms with E-state index < -0.39 is 0 Å². The number of hydrogen-bond donors (Lipinski definition) is 1. The van der Waals surface area contributed by atoms with Crippen LogP contribution < -0.4 is 5.32 Å². The molecule has 0 saturated heterocycles. The van der Waals surface area contributed by atoms with E-state index in [-0.39, 0.29) is 5.91 Å². The van der Waals surface area contributed by atoms with Gasteiger partial charge in [-0.05, 0) is 26.7 Å². The van der Waals surface area contributed by atoms with E-state index in [0.717, 1.165) is 25.9 Å². The Morgan fingerprint density at radius 1 is 1.25 bits per heavy atom. The number of hydrogen-bond acceptors (Lipinski definition) is 2. The Balaban J connectivity index is 2.33. The van der Waals surface area contributed by atoms with Crippen LogP contribution in [0.15, 0.2) is 0 Å². The lowest BCUT2D eigenvalue weighted by molar-refractivity contribution is -0.116. The minimum Gasteiger partial charge on any atom is -0.342 e. The molecule has 90 valence electrons. The summed E-state index contributed by atoms with van der Waals surface area (Å²) < 4.78 is 0. The van der Waals surface area contributed by atoms with Gasteiger partial charge in [-0.1, -0.05) is 19.3 Å². The second kappa shape index (κ2) is 7.16. The lowest BCUT2D eigenvalue weighted by Crippen LogP contribution is -2.35. The summed E-state index contributed by atoms with van der Waals surface area (Å²) >= 11 is 0. The van der Waals surface area contributed by atoms with Crippen LogP contribution in [-0.2, 0) is 4.79 Å². The van der Waals surface area contributed by atoms with Crippen LogP contribution in [0.5, 0.6) is 0 Å². The highest BCUT2D eigenvalue weighted by Gasteiger charge is 2.14. The molecule has 0 atom stereocenters. The van der Waals surface area contributed by atoms with Crippen molar-refractivity contribution in [3.63, 3.8) is 0 Å².